The Morgan fingerprint density at radius 1 is 0.574 bits per heavy atom. The van der Waals surface area contributed by atoms with Crippen molar-refractivity contribution in [1.82, 2.24) is 0 Å². The van der Waals surface area contributed by atoms with Crippen LogP contribution in [0.2, 0.25) is 0 Å². The van der Waals surface area contributed by atoms with Crippen LogP contribution < -0.4 is 0 Å². The van der Waals surface area contributed by atoms with Crippen molar-refractivity contribution < 1.29 is 0 Å². The van der Waals surface area contributed by atoms with Gasteiger partial charge in [-0.3, -0.25) is 0 Å². The van der Waals surface area contributed by atoms with Crippen molar-refractivity contribution >= 4 is 5.57 Å². The van der Waals surface area contributed by atoms with Crippen LogP contribution in [0.1, 0.15) is 75.3 Å². The maximum Gasteiger partial charge on any atom is -0.00940 e. The first-order chi connectivity index (χ1) is 26.3. The number of hydrogen-bond donors (Lipinski definition) is 0. The summed E-state index contributed by atoms with van der Waals surface area (Å²) >= 11 is 0. The van der Waals surface area contributed by atoms with Crippen molar-refractivity contribution in [3.8, 4) is 22.3 Å². The second-order valence-electron chi connectivity index (χ2n) is 13.7. The molecule has 0 aliphatic rings. The Kier molecular flexibility index (Phi) is 19.7. The van der Waals surface area contributed by atoms with Crippen molar-refractivity contribution in [1.29, 1.82) is 0 Å². The molecular formula is C54H62. The summed E-state index contributed by atoms with van der Waals surface area (Å²) in [6, 6.07) is 45.5. The highest BCUT2D eigenvalue weighted by Crippen LogP contribution is 2.25. The first-order valence-corrected chi connectivity index (χ1v) is 19.6. The second-order valence-corrected chi connectivity index (χ2v) is 13.7. The molecule has 0 fully saturated rings. The Hall–Kier alpha value is -5.46. The van der Waals surface area contributed by atoms with Gasteiger partial charge in [0.05, 0.1) is 0 Å². The van der Waals surface area contributed by atoms with Gasteiger partial charge in [0.15, 0.2) is 0 Å². The van der Waals surface area contributed by atoms with Gasteiger partial charge in [-0.2, -0.15) is 0 Å². The number of allylic oxidation sites excluding steroid dienone is 11. The zero-order valence-electron chi connectivity index (χ0n) is 33.9. The number of hydrogen-bond acceptors (Lipinski definition) is 0. The third-order valence-electron chi connectivity index (χ3n) is 9.03. The molecule has 0 aliphatic heterocycles. The van der Waals surface area contributed by atoms with Gasteiger partial charge in [0.1, 0.15) is 0 Å². The monoisotopic (exact) mass is 710 g/mol. The van der Waals surface area contributed by atoms with Crippen LogP contribution in [0.3, 0.4) is 0 Å². The summed E-state index contributed by atoms with van der Waals surface area (Å²) in [6.07, 6.45) is 23.4. The lowest BCUT2D eigenvalue weighted by Crippen LogP contribution is -2.01. The molecule has 0 heteroatoms. The van der Waals surface area contributed by atoms with E-state index in [9.17, 15) is 0 Å². The molecule has 0 radical (unpaired) electrons. The fourth-order valence-electron chi connectivity index (χ4n) is 5.96. The average molecular weight is 711 g/mol. The molecule has 5 aromatic carbocycles. The van der Waals surface area contributed by atoms with Crippen LogP contribution in [0.25, 0.3) is 27.8 Å². The average Bonchev–Trinajstić information content (AvgIpc) is 3.20. The van der Waals surface area contributed by atoms with Crippen LogP contribution in [0.4, 0.5) is 0 Å². The zero-order valence-corrected chi connectivity index (χ0v) is 33.9. The molecule has 1 unspecified atom stereocenters. The van der Waals surface area contributed by atoms with Crippen molar-refractivity contribution in [2.75, 3.05) is 0 Å². The summed E-state index contributed by atoms with van der Waals surface area (Å²) in [4.78, 5) is 0. The summed E-state index contributed by atoms with van der Waals surface area (Å²) in [5.74, 6) is 0.393. The molecule has 0 amide bonds. The predicted molar refractivity (Wildman–Crippen MR) is 242 cm³/mol. The van der Waals surface area contributed by atoms with Gasteiger partial charge in [0.25, 0.3) is 0 Å². The quantitative estimate of drug-likeness (QED) is 0.0843. The molecule has 5 aromatic rings. The van der Waals surface area contributed by atoms with Crippen molar-refractivity contribution in [2.45, 2.75) is 74.1 Å². The van der Waals surface area contributed by atoms with E-state index < -0.39 is 0 Å². The van der Waals surface area contributed by atoms with Crippen LogP contribution in [0.5, 0.6) is 0 Å². The molecule has 0 nitrogen and oxygen atoms in total. The molecule has 54 heavy (non-hydrogen) atoms. The number of rotatable bonds is 13. The summed E-state index contributed by atoms with van der Waals surface area (Å²) in [5, 5.41) is 0. The van der Waals surface area contributed by atoms with Crippen molar-refractivity contribution in [3.05, 3.63) is 222 Å². The summed E-state index contributed by atoms with van der Waals surface area (Å²) in [6.45, 7) is 19.2. The van der Waals surface area contributed by atoms with E-state index >= 15 is 0 Å². The second kappa shape index (κ2) is 24.7. The minimum Gasteiger partial charge on any atom is -0.0955 e. The van der Waals surface area contributed by atoms with Gasteiger partial charge in [0.2, 0.25) is 0 Å². The van der Waals surface area contributed by atoms with E-state index in [0.29, 0.717) is 5.92 Å². The first-order valence-electron chi connectivity index (χ1n) is 19.6. The van der Waals surface area contributed by atoms with Crippen LogP contribution in [0.15, 0.2) is 194 Å². The van der Waals surface area contributed by atoms with E-state index in [2.05, 4.69) is 217 Å². The molecule has 0 aromatic heterocycles. The van der Waals surface area contributed by atoms with Gasteiger partial charge < -0.3 is 0 Å². The smallest absolute Gasteiger partial charge is 0.00940 e. The molecule has 0 saturated carbocycles. The summed E-state index contributed by atoms with van der Waals surface area (Å²) in [7, 11) is 0. The predicted octanol–water partition coefficient (Wildman–Crippen LogP) is 15.8. The van der Waals surface area contributed by atoms with Gasteiger partial charge in [-0.25, -0.2) is 0 Å². The molecule has 0 bridgehead atoms. The molecule has 1 atom stereocenters. The zero-order chi connectivity index (χ0) is 39.0. The Bertz CT molecular complexity index is 1940. The fraction of sp³-hybridized carbons (Fsp3) is 0.222. The highest BCUT2D eigenvalue weighted by atomic mass is 14.1. The Balaban J connectivity index is 0.000000278. The molecule has 0 heterocycles. The minimum atomic E-state index is 0.393. The lowest BCUT2D eigenvalue weighted by atomic mass is 9.92. The summed E-state index contributed by atoms with van der Waals surface area (Å²) in [5.41, 5.74) is 14.1. The van der Waals surface area contributed by atoms with Crippen LogP contribution >= 0.6 is 0 Å². The molecule has 5 rings (SSSR count). The third kappa shape index (κ3) is 15.6. The maximum atomic E-state index is 4.34. The molecule has 0 spiro atoms. The SMILES string of the molecule is C/C=C\C=C/Cc1cc(C)cc(-c2ccccc2)c1.C/C=C\CC.C=C(/C=C\C(=C/CC)c1ccc(C)cc1)C(C)Cc1ccc(-c2ccccc2)cc1. The standard InChI is InChI=1S/C30H32.C19H20.C5H10/c1-5-9-27(29-17-12-23(2)13-18-29)19-14-24(3)25(4)22-26-15-20-30(21-16-26)28-10-7-6-8-11-28;1-3-4-5-7-10-17-13-16(2)14-19(15-17)18-11-8-6-9-12-18;1-3-5-4-2/h6-21,25H,3,5,22H2,1-2,4H3;3-9,11-15H,10H2,1-2H3;3,5H,4H2,1-2H3/b19-14-,27-9+;4-3-,7-5-;5-3-. The van der Waals surface area contributed by atoms with Crippen molar-refractivity contribution in [2.24, 2.45) is 5.92 Å². The fourth-order valence-corrected chi connectivity index (χ4v) is 5.96. The highest BCUT2D eigenvalue weighted by molar-refractivity contribution is 5.74. The normalized spacial score (nSPS) is 12.1. The lowest BCUT2D eigenvalue weighted by Gasteiger charge is -2.13. The van der Waals surface area contributed by atoms with E-state index in [1.807, 2.05) is 19.9 Å². The molecule has 0 saturated heterocycles. The Morgan fingerprint density at radius 3 is 1.74 bits per heavy atom. The van der Waals surface area contributed by atoms with E-state index in [1.165, 1.54) is 55.6 Å². The first kappa shape index (κ1) is 42.9. The third-order valence-corrected chi connectivity index (χ3v) is 9.03. The van der Waals surface area contributed by atoms with Gasteiger partial charge in [-0.1, -0.05) is 226 Å². The van der Waals surface area contributed by atoms with Gasteiger partial charge in [-0.15, -0.1) is 0 Å². The van der Waals surface area contributed by atoms with E-state index in [4.69, 9.17) is 0 Å². The topological polar surface area (TPSA) is 0 Å². The van der Waals surface area contributed by atoms with E-state index in [1.54, 1.807) is 0 Å². The van der Waals surface area contributed by atoms with Crippen LogP contribution in [-0.4, -0.2) is 0 Å². The van der Waals surface area contributed by atoms with Crippen molar-refractivity contribution in [3.63, 3.8) is 0 Å². The minimum absolute atomic E-state index is 0.393. The molecular weight excluding hydrogens is 649 g/mol. The Morgan fingerprint density at radius 2 is 1.19 bits per heavy atom. The van der Waals surface area contributed by atoms with Gasteiger partial charge in [0, 0.05) is 0 Å². The lowest BCUT2D eigenvalue weighted by molar-refractivity contribution is 0.696. The van der Waals surface area contributed by atoms with E-state index in [0.717, 1.165) is 31.3 Å². The van der Waals surface area contributed by atoms with Crippen LogP contribution in [-0.2, 0) is 12.8 Å². The number of aryl methyl sites for hydroxylation is 2. The van der Waals surface area contributed by atoms with E-state index in [-0.39, 0.29) is 0 Å². The van der Waals surface area contributed by atoms with Gasteiger partial charge >= 0.3 is 0 Å². The Labute approximate surface area is 328 Å². The molecule has 0 aliphatic carbocycles. The largest absolute Gasteiger partial charge is 0.0955 e. The summed E-state index contributed by atoms with van der Waals surface area (Å²) < 4.78 is 0. The maximum absolute atomic E-state index is 4.34. The van der Waals surface area contributed by atoms with Gasteiger partial charge in [-0.05, 0) is 104 Å². The molecule has 278 valence electrons. The van der Waals surface area contributed by atoms with Crippen LogP contribution in [0, 0.1) is 19.8 Å². The molecule has 0 N–H and O–H groups in total. The highest BCUT2D eigenvalue weighted by Gasteiger charge is 2.07. The number of benzene rings is 5.